The molecular formula is C12H12N2O3. The van der Waals surface area contributed by atoms with E-state index in [0.29, 0.717) is 17.3 Å². The second kappa shape index (κ2) is 4.37. The standard InChI is InChI=1S/C12H12N2O3/c1-7-5-4-6-13-9(7)11-14-10(8(2)17-11)12(15)16-3/h4-6H,1-3H3. The molecule has 17 heavy (non-hydrogen) atoms. The predicted molar refractivity (Wildman–Crippen MR) is 60.5 cm³/mol. The van der Waals surface area contributed by atoms with Gasteiger partial charge in [-0.25, -0.2) is 9.78 Å². The number of oxazole rings is 1. The zero-order valence-electron chi connectivity index (χ0n) is 9.85. The minimum absolute atomic E-state index is 0.188. The maximum absolute atomic E-state index is 11.4. The molecule has 88 valence electrons. The van der Waals surface area contributed by atoms with Crippen molar-refractivity contribution >= 4 is 5.97 Å². The molecule has 0 spiro atoms. The van der Waals surface area contributed by atoms with Gasteiger partial charge in [0.05, 0.1) is 7.11 Å². The van der Waals surface area contributed by atoms with Gasteiger partial charge in [-0.05, 0) is 25.5 Å². The highest BCUT2D eigenvalue weighted by molar-refractivity contribution is 5.88. The summed E-state index contributed by atoms with van der Waals surface area (Å²) in [6, 6.07) is 3.73. The van der Waals surface area contributed by atoms with Crippen LogP contribution >= 0.6 is 0 Å². The lowest BCUT2D eigenvalue weighted by molar-refractivity contribution is 0.0593. The fraction of sp³-hybridized carbons (Fsp3) is 0.250. The number of carbonyl (C=O) groups excluding carboxylic acids is 1. The molecule has 0 N–H and O–H groups in total. The van der Waals surface area contributed by atoms with E-state index in [1.54, 1.807) is 13.1 Å². The van der Waals surface area contributed by atoms with E-state index in [9.17, 15) is 4.79 Å². The zero-order valence-corrected chi connectivity index (χ0v) is 9.85. The van der Waals surface area contributed by atoms with Crippen LogP contribution < -0.4 is 0 Å². The molecule has 2 heterocycles. The van der Waals surface area contributed by atoms with Crippen LogP contribution in [0.15, 0.2) is 22.7 Å². The van der Waals surface area contributed by atoms with Crippen molar-refractivity contribution in [1.29, 1.82) is 0 Å². The average molecular weight is 232 g/mol. The Morgan fingerprint density at radius 2 is 2.18 bits per heavy atom. The molecule has 2 aromatic heterocycles. The molecule has 0 bridgehead atoms. The lowest BCUT2D eigenvalue weighted by Crippen LogP contribution is -2.03. The van der Waals surface area contributed by atoms with Crippen molar-refractivity contribution in [3.05, 3.63) is 35.3 Å². The molecule has 0 saturated heterocycles. The van der Waals surface area contributed by atoms with Gasteiger partial charge in [0.25, 0.3) is 0 Å². The first-order valence-electron chi connectivity index (χ1n) is 5.11. The van der Waals surface area contributed by atoms with Gasteiger partial charge in [0, 0.05) is 6.20 Å². The summed E-state index contributed by atoms with van der Waals surface area (Å²) in [7, 11) is 1.31. The smallest absolute Gasteiger partial charge is 0.360 e. The van der Waals surface area contributed by atoms with E-state index in [1.807, 2.05) is 19.1 Å². The van der Waals surface area contributed by atoms with Gasteiger partial charge < -0.3 is 9.15 Å². The third-order valence-corrected chi connectivity index (χ3v) is 2.39. The van der Waals surface area contributed by atoms with Gasteiger partial charge in [-0.1, -0.05) is 6.07 Å². The molecule has 5 heteroatoms. The maximum atomic E-state index is 11.4. The van der Waals surface area contributed by atoms with Crippen molar-refractivity contribution in [2.24, 2.45) is 0 Å². The minimum atomic E-state index is -0.508. The Morgan fingerprint density at radius 1 is 1.41 bits per heavy atom. The zero-order chi connectivity index (χ0) is 12.4. The highest BCUT2D eigenvalue weighted by atomic mass is 16.5. The SMILES string of the molecule is COC(=O)c1nc(-c2ncccc2C)oc1C. The number of rotatable bonds is 2. The molecule has 2 rings (SSSR count). The maximum Gasteiger partial charge on any atom is 0.360 e. The summed E-state index contributed by atoms with van der Waals surface area (Å²) in [4.78, 5) is 19.7. The van der Waals surface area contributed by atoms with Crippen molar-refractivity contribution in [3.8, 4) is 11.6 Å². The Labute approximate surface area is 98.5 Å². The van der Waals surface area contributed by atoms with Crippen LogP contribution in [0.1, 0.15) is 21.8 Å². The molecule has 0 fully saturated rings. The van der Waals surface area contributed by atoms with Gasteiger partial charge in [-0.15, -0.1) is 0 Å². The normalized spacial score (nSPS) is 10.3. The average Bonchev–Trinajstić information content (AvgIpc) is 2.71. The third kappa shape index (κ3) is 2.04. The second-order valence-corrected chi connectivity index (χ2v) is 3.58. The van der Waals surface area contributed by atoms with Crippen LogP contribution in [0.3, 0.4) is 0 Å². The minimum Gasteiger partial charge on any atom is -0.464 e. The summed E-state index contributed by atoms with van der Waals surface area (Å²) in [6.07, 6.45) is 1.65. The van der Waals surface area contributed by atoms with Crippen molar-refractivity contribution in [1.82, 2.24) is 9.97 Å². The van der Waals surface area contributed by atoms with Crippen LogP contribution in [0.2, 0.25) is 0 Å². The summed E-state index contributed by atoms with van der Waals surface area (Å²) < 4.78 is 10.0. The molecule has 5 nitrogen and oxygen atoms in total. The van der Waals surface area contributed by atoms with Crippen LogP contribution in [-0.4, -0.2) is 23.0 Å². The van der Waals surface area contributed by atoms with E-state index >= 15 is 0 Å². The fourth-order valence-corrected chi connectivity index (χ4v) is 1.49. The highest BCUT2D eigenvalue weighted by Gasteiger charge is 2.19. The van der Waals surface area contributed by atoms with Gasteiger partial charge in [-0.2, -0.15) is 0 Å². The molecule has 0 unspecified atom stereocenters. The molecule has 2 aromatic rings. The third-order valence-electron chi connectivity index (χ3n) is 2.39. The lowest BCUT2D eigenvalue weighted by Gasteiger charge is -1.97. The number of nitrogens with zero attached hydrogens (tertiary/aromatic N) is 2. The van der Waals surface area contributed by atoms with Gasteiger partial charge in [0.2, 0.25) is 5.89 Å². The van der Waals surface area contributed by atoms with Crippen LogP contribution in [0, 0.1) is 13.8 Å². The van der Waals surface area contributed by atoms with E-state index in [2.05, 4.69) is 14.7 Å². The number of ether oxygens (including phenoxy) is 1. The largest absolute Gasteiger partial charge is 0.464 e. The molecule has 0 aliphatic rings. The fourth-order valence-electron chi connectivity index (χ4n) is 1.49. The number of methoxy groups -OCH3 is 1. The lowest BCUT2D eigenvalue weighted by atomic mass is 10.2. The first-order valence-corrected chi connectivity index (χ1v) is 5.11. The van der Waals surface area contributed by atoms with Crippen LogP contribution in [0.4, 0.5) is 0 Å². The van der Waals surface area contributed by atoms with E-state index in [0.717, 1.165) is 5.56 Å². The summed E-state index contributed by atoms with van der Waals surface area (Å²) in [5.41, 5.74) is 1.75. The van der Waals surface area contributed by atoms with Crippen molar-refractivity contribution < 1.29 is 13.9 Å². The molecule has 0 saturated carbocycles. The quantitative estimate of drug-likeness (QED) is 0.742. The van der Waals surface area contributed by atoms with E-state index in [1.165, 1.54) is 7.11 Å². The Hall–Kier alpha value is -2.17. The Kier molecular flexibility index (Phi) is 2.91. The van der Waals surface area contributed by atoms with Crippen LogP contribution in [0.5, 0.6) is 0 Å². The second-order valence-electron chi connectivity index (χ2n) is 3.58. The molecule has 0 amide bonds. The Balaban J connectivity index is 2.49. The first-order chi connectivity index (χ1) is 8.13. The number of carbonyl (C=O) groups is 1. The van der Waals surface area contributed by atoms with Gasteiger partial charge in [0.1, 0.15) is 11.5 Å². The summed E-state index contributed by atoms with van der Waals surface area (Å²) in [5, 5.41) is 0. The predicted octanol–water partition coefficient (Wildman–Crippen LogP) is 2.14. The van der Waals surface area contributed by atoms with E-state index in [4.69, 9.17) is 4.42 Å². The summed E-state index contributed by atoms with van der Waals surface area (Å²) >= 11 is 0. The number of aryl methyl sites for hydroxylation is 2. The van der Waals surface area contributed by atoms with E-state index in [-0.39, 0.29) is 5.69 Å². The van der Waals surface area contributed by atoms with Crippen molar-refractivity contribution in [2.45, 2.75) is 13.8 Å². The van der Waals surface area contributed by atoms with Gasteiger partial charge in [-0.3, -0.25) is 4.98 Å². The first kappa shape index (κ1) is 11.3. The number of pyridine rings is 1. The van der Waals surface area contributed by atoms with Gasteiger partial charge in [0.15, 0.2) is 5.69 Å². The van der Waals surface area contributed by atoms with Crippen LogP contribution in [-0.2, 0) is 4.74 Å². The Morgan fingerprint density at radius 3 is 2.82 bits per heavy atom. The van der Waals surface area contributed by atoms with Crippen molar-refractivity contribution in [3.63, 3.8) is 0 Å². The summed E-state index contributed by atoms with van der Waals surface area (Å²) in [6.45, 7) is 3.57. The van der Waals surface area contributed by atoms with E-state index < -0.39 is 5.97 Å². The molecule has 0 radical (unpaired) electrons. The number of aromatic nitrogens is 2. The van der Waals surface area contributed by atoms with Gasteiger partial charge >= 0.3 is 5.97 Å². The highest BCUT2D eigenvalue weighted by Crippen LogP contribution is 2.22. The number of hydrogen-bond acceptors (Lipinski definition) is 5. The number of hydrogen-bond donors (Lipinski definition) is 0. The molecule has 0 aliphatic carbocycles. The Bertz CT molecular complexity index is 561. The van der Waals surface area contributed by atoms with Crippen molar-refractivity contribution in [2.75, 3.05) is 7.11 Å². The number of esters is 1. The molecular weight excluding hydrogens is 220 g/mol. The molecule has 0 aliphatic heterocycles. The topological polar surface area (TPSA) is 65.2 Å². The molecule has 0 aromatic carbocycles. The summed E-state index contributed by atoms with van der Waals surface area (Å²) in [5.74, 6) is 0.254. The molecule has 0 atom stereocenters. The van der Waals surface area contributed by atoms with Crippen LogP contribution in [0.25, 0.3) is 11.6 Å². The monoisotopic (exact) mass is 232 g/mol.